The Balaban J connectivity index is 1.91. The van der Waals surface area contributed by atoms with E-state index in [1.165, 1.54) is 19.2 Å². The van der Waals surface area contributed by atoms with Crippen molar-refractivity contribution in [2.75, 3.05) is 26.1 Å². The minimum atomic E-state index is -3.68. The van der Waals surface area contributed by atoms with Gasteiger partial charge in [-0.15, -0.1) is 0 Å². The van der Waals surface area contributed by atoms with Gasteiger partial charge in [0.15, 0.2) is 9.84 Å². The molecular weight excluding hydrogens is 432 g/mol. The highest BCUT2D eigenvalue weighted by Crippen LogP contribution is 2.28. The van der Waals surface area contributed by atoms with Gasteiger partial charge in [-0.05, 0) is 43.2 Å². The summed E-state index contributed by atoms with van der Waals surface area (Å²) in [4.78, 5) is 23.7. The Morgan fingerprint density at radius 1 is 1.07 bits per heavy atom. The van der Waals surface area contributed by atoms with Gasteiger partial charge in [0.25, 0.3) is 5.91 Å². The Kier molecular flexibility index (Phi) is 8.49. The normalized spacial score (nSPS) is 10.9. The van der Waals surface area contributed by atoms with Crippen LogP contribution in [0.4, 0.5) is 4.79 Å². The summed E-state index contributed by atoms with van der Waals surface area (Å²) in [5, 5.41) is 5.32. The molecule has 0 unspecified atom stereocenters. The van der Waals surface area contributed by atoms with Gasteiger partial charge < -0.3 is 20.1 Å². The zero-order valence-electron chi connectivity index (χ0n) is 16.6. The molecule has 0 aliphatic rings. The Labute approximate surface area is 180 Å². The molecule has 0 heterocycles. The van der Waals surface area contributed by atoms with Crippen LogP contribution < -0.4 is 15.4 Å². The van der Waals surface area contributed by atoms with Crippen molar-refractivity contribution in [2.45, 2.75) is 18.2 Å². The summed E-state index contributed by atoms with van der Waals surface area (Å²) >= 11 is 6.03. The molecule has 2 amide bonds. The van der Waals surface area contributed by atoms with E-state index < -0.39 is 21.8 Å². The van der Waals surface area contributed by atoms with E-state index in [2.05, 4.69) is 15.4 Å². The summed E-state index contributed by atoms with van der Waals surface area (Å²) in [7, 11) is -2.24. The highest BCUT2D eigenvalue weighted by Gasteiger charge is 2.17. The average molecular weight is 455 g/mol. The number of hydrogen-bond donors (Lipinski definition) is 2. The molecule has 10 heteroatoms. The maximum Gasteiger partial charge on any atom is 0.407 e. The van der Waals surface area contributed by atoms with E-state index in [4.69, 9.17) is 16.3 Å². The van der Waals surface area contributed by atoms with Gasteiger partial charge in [-0.25, -0.2) is 13.2 Å². The molecule has 0 spiro atoms. The number of hydrogen-bond acceptors (Lipinski definition) is 6. The number of ether oxygens (including phenoxy) is 2. The summed E-state index contributed by atoms with van der Waals surface area (Å²) < 4.78 is 34.3. The number of alkyl carbamates (subject to hydrolysis) is 1. The van der Waals surface area contributed by atoms with Gasteiger partial charge in [0, 0.05) is 6.54 Å². The van der Waals surface area contributed by atoms with Crippen LogP contribution in [-0.2, 0) is 21.0 Å². The van der Waals surface area contributed by atoms with Crippen molar-refractivity contribution in [2.24, 2.45) is 0 Å². The Morgan fingerprint density at radius 2 is 1.77 bits per heavy atom. The van der Waals surface area contributed by atoms with Crippen LogP contribution in [0.2, 0.25) is 5.02 Å². The maximum absolute atomic E-state index is 12.4. The molecule has 0 saturated carbocycles. The number of para-hydroxylation sites is 1. The van der Waals surface area contributed by atoms with Gasteiger partial charge in [0.2, 0.25) is 0 Å². The molecule has 0 bridgehead atoms. The van der Waals surface area contributed by atoms with Crippen molar-refractivity contribution in [3.63, 3.8) is 0 Å². The Bertz CT molecular complexity index is 993. The molecule has 0 aliphatic carbocycles. The fraction of sp³-hybridized carbons (Fsp3) is 0.300. The number of nitrogens with one attached hydrogen (secondary N) is 2. The quantitative estimate of drug-likeness (QED) is 0.602. The van der Waals surface area contributed by atoms with E-state index in [9.17, 15) is 18.0 Å². The number of carbonyl (C=O) groups excluding carboxylic acids is 2. The van der Waals surface area contributed by atoms with E-state index in [1.807, 2.05) is 0 Å². The van der Waals surface area contributed by atoms with Gasteiger partial charge in [0.05, 0.1) is 29.2 Å². The van der Waals surface area contributed by atoms with Gasteiger partial charge in [-0.2, -0.15) is 0 Å². The molecule has 2 N–H and O–H groups in total. The molecule has 0 fully saturated rings. The number of rotatable bonds is 9. The van der Waals surface area contributed by atoms with E-state index in [0.29, 0.717) is 29.3 Å². The third-order valence-corrected chi connectivity index (χ3v) is 5.89. The van der Waals surface area contributed by atoms with Crippen LogP contribution >= 0.6 is 11.6 Å². The lowest BCUT2D eigenvalue weighted by Crippen LogP contribution is -2.30. The second kappa shape index (κ2) is 10.8. The minimum Gasteiger partial charge on any atom is -0.494 e. The third kappa shape index (κ3) is 6.36. The van der Waals surface area contributed by atoms with Crippen molar-refractivity contribution in [3.05, 3.63) is 58.6 Å². The number of halogens is 1. The van der Waals surface area contributed by atoms with E-state index in [1.54, 1.807) is 37.3 Å². The average Bonchev–Trinajstić information content (AvgIpc) is 2.72. The number of carbonyl (C=O) groups is 2. The van der Waals surface area contributed by atoms with E-state index in [-0.39, 0.29) is 17.4 Å². The highest BCUT2D eigenvalue weighted by molar-refractivity contribution is 7.91. The molecule has 0 saturated heterocycles. The summed E-state index contributed by atoms with van der Waals surface area (Å²) in [6.07, 6.45) is -0.291. The first kappa shape index (κ1) is 23.5. The molecule has 0 aromatic heterocycles. The number of benzene rings is 2. The zero-order valence-corrected chi connectivity index (χ0v) is 18.2. The number of amides is 2. The first-order valence-corrected chi connectivity index (χ1v) is 11.1. The van der Waals surface area contributed by atoms with Gasteiger partial charge in [0.1, 0.15) is 11.6 Å². The molecule has 162 valence electrons. The lowest BCUT2D eigenvalue weighted by molar-refractivity contribution is 0.0951. The monoisotopic (exact) mass is 454 g/mol. The predicted octanol–water partition coefficient (Wildman–Crippen LogP) is 2.80. The maximum atomic E-state index is 12.4. The minimum absolute atomic E-state index is 0.0794. The van der Waals surface area contributed by atoms with Crippen LogP contribution in [0.25, 0.3) is 0 Å². The van der Waals surface area contributed by atoms with Crippen LogP contribution in [0.15, 0.2) is 47.4 Å². The lowest BCUT2D eigenvalue weighted by atomic mass is 10.1. The summed E-state index contributed by atoms with van der Waals surface area (Å²) in [6.45, 7) is 2.12. The van der Waals surface area contributed by atoms with Crippen LogP contribution in [0.1, 0.15) is 22.8 Å². The SMILES string of the molecule is CCOC(=O)NCS(=O)(=O)c1ccc(CCNC(=O)c2cccc(Cl)c2OC)cc1. The Morgan fingerprint density at radius 3 is 2.40 bits per heavy atom. The number of sulfone groups is 1. The summed E-state index contributed by atoms with van der Waals surface area (Å²) in [5.41, 5.74) is 1.17. The molecule has 0 atom stereocenters. The molecule has 0 aliphatic heterocycles. The molecule has 8 nitrogen and oxygen atoms in total. The molecular formula is C20H23ClN2O6S. The molecule has 2 aromatic rings. The van der Waals surface area contributed by atoms with Crippen molar-refractivity contribution in [3.8, 4) is 5.75 Å². The fourth-order valence-corrected chi connectivity index (χ4v) is 3.87. The van der Waals surface area contributed by atoms with Gasteiger partial charge >= 0.3 is 6.09 Å². The van der Waals surface area contributed by atoms with Crippen LogP contribution in [0, 0.1) is 0 Å². The lowest BCUT2D eigenvalue weighted by Gasteiger charge is -2.11. The van der Waals surface area contributed by atoms with Crippen molar-refractivity contribution >= 4 is 33.4 Å². The van der Waals surface area contributed by atoms with Crippen LogP contribution in [-0.4, -0.2) is 46.6 Å². The summed E-state index contributed by atoms with van der Waals surface area (Å²) in [5.74, 6) is -0.566. The fourth-order valence-electron chi connectivity index (χ4n) is 2.59. The van der Waals surface area contributed by atoms with Crippen molar-refractivity contribution in [1.82, 2.24) is 10.6 Å². The van der Waals surface area contributed by atoms with Crippen molar-refractivity contribution < 1.29 is 27.5 Å². The number of methoxy groups -OCH3 is 1. The second-order valence-corrected chi connectivity index (χ2v) is 8.52. The van der Waals surface area contributed by atoms with Crippen LogP contribution in [0.3, 0.4) is 0 Å². The first-order valence-electron chi connectivity index (χ1n) is 9.11. The van der Waals surface area contributed by atoms with E-state index >= 15 is 0 Å². The van der Waals surface area contributed by atoms with Gasteiger partial charge in [-0.3, -0.25) is 4.79 Å². The smallest absolute Gasteiger partial charge is 0.407 e. The Hall–Kier alpha value is -2.78. The largest absolute Gasteiger partial charge is 0.494 e. The van der Waals surface area contributed by atoms with E-state index in [0.717, 1.165) is 5.56 Å². The third-order valence-electron chi connectivity index (χ3n) is 4.08. The topological polar surface area (TPSA) is 111 Å². The second-order valence-electron chi connectivity index (χ2n) is 6.13. The summed E-state index contributed by atoms with van der Waals surface area (Å²) in [6, 6.07) is 11.1. The highest BCUT2D eigenvalue weighted by atomic mass is 35.5. The zero-order chi connectivity index (χ0) is 22.1. The van der Waals surface area contributed by atoms with Crippen molar-refractivity contribution in [1.29, 1.82) is 0 Å². The van der Waals surface area contributed by atoms with Crippen LogP contribution in [0.5, 0.6) is 5.75 Å². The first-order chi connectivity index (χ1) is 14.3. The predicted molar refractivity (Wildman–Crippen MR) is 113 cm³/mol. The molecule has 2 rings (SSSR count). The molecule has 30 heavy (non-hydrogen) atoms. The standard InChI is InChI=1S/C20H23ClN2O6S/c1-3-29-20(25)23-13-30(26,27)15-9-7-14(8-10-15)11-12-22-19(24)16-5-4-6-17(21)18(16)28-2/h4-10H,3,11-13H2,1-2H3,(H,22,24)(H,23,25). The van der Waals surface area contributed by atoms with Gasteiger partial charge in [-0.1, -0.05) is 29.8 Å². The molecule has 0 radical (unpaired) electrons. The molecule has 2 aromatic carbocycles.